The second-order valence-corrected chi connectivity index (χ2v) is 7.86. The van der Waals surface area contributed by atoms with E-state index in [4.69, 9.17) is 27.9 Å². The molecule has 0 atom stereocenters. The van der Waals surface area contributed by atoms with Crippen molar-refractivity contribution in [2.75, 3.05) is 0 Å². The largest absolute Gasteiger partial charge is 0.486 e. The summed E-state index contributed by atoms with van der Waals surface area (Å²) in [6.07, 6.45) is 0. The topological polar surface area (TPSA) is 39.9 Å². The normalized spacial score (nSPS) is 11.0. The van der Waals surface area contributed by atoms with Crippen LogP contribution in [0.2, 0.25) is 10.0 Å². The van der Waals surface area contributed by atoms with Crippen molar-refractivity contribution in [2.45, 2.75) is 31.4 Å². The third kappa shape index (κ3) is 4.72. The third-order valence-electron chi connectivity index (χ3n) is 3.84. The zero-order valence-electron chi connectivity index (χ0n) is 14.8. The van der Waals surface area contributed by atoms with Crippen molar-refractivity contribution in [3.8, 4) is 5.75 Å². The molecular weight excluding hydrogens is 389 g/mol. The zero-order valence-corrected chi connectivity index (χ0v) is 17.1. The number of rotatable bonds is 6. The van der Waals surface area contributed by atoms with Gasteiger partial charge in [-0.2, -0.15) is 0 Å². The highest BCUT2D eigenvalue weighted by atomic mass is 35.5. The number of ether oxygens (including phenoxy) is 1. The minimum absolute atomic E-state index is 0.375. The number of thioether (sulfide) groups is 1. The highest BCUT2D eigenvalue weighted by Crippen LogP contribution is 2.27. The summed E-state index contributed by atoms with van der Waals surface area (Å²) >= 11 is 13.6. The molecule has 0 amide bonds. The molecule has 3 rings (SSSR count). The summed E-state index contributed by atoms with van der Waals surface area (Å²) in [4.78, 5) is 0. The van der Waals surface area contributed by atoms with Gasteiger partial charge < -0.3 is 9.30 Å². The van der Waals surface area contributed by atoms with E-state index < -0.39 is 0 Å². The molecule has 3 aromatic rings. The molecule has 0 aliphatic carbocycles. The maximum Gasteiger partial charge on any atom is 0.191 e. The maximum absolute atomic E-state index is 6.06. The van der Waals surface area contributed by atoms with E-state index in [2.05, 4.69) is 30.1 Å². The van der Waals surface area contributed by atoms with E-state index in [0.717, 1.165) is 28.0 Å². The Balaban J connectivity index is 1.63. The molecule has 0 saturated heterocycles. The van der Waals surface area contributed by atoms with Gasteiger partial charge in [-0.15, -0.1) is 10.2 Å². The fraction of sp³-hybridized carbons (Fsp3) is 0.263. The van der Waals surface area contributed by atoms with Crippen LogP contribution in [0.1, 0.15) is 22.5 Å². The second kappa shape index (κ2) is 8.33. The molecule has 0 aliphatic rings. The van der Waals surface area contributed by atoms with E-state index in [9.17, 15) is 0 Å². The molecule has 0 fully saturated rings. The summed E-state index contributed by atoms with van der Waals surface area (Å²) in [6.45, 7) is 4.49. The minimum Gasteiger partial charge on any atom is -0.486 e. The van der Waals surface area contributed by atoms with Crippen molar-refractivity contribution in [2.24, 2.45) is 7.05 Å². The van der Waals surface area contributed by atoms with Gasteiger partial charge in [0.2, 0.25) is 0 Å². The smallest absolute Gasteiger partial charge is 0.191 e. The van der Waals surface area contributed by atoms with Gasteiger partial charge >= 0.3 is 0 Å². The Labute approximate surface area is 167 Å². The van der Waals surface area contributed by atoms with Gasteiger partial charge in [-0.3, -0.25) is 0 Å². The first-order valence-electron chi connectivity index (χ1n) is 8.08. The van der Waals surface area contributed by atoms with E-state index >= 15 is 0 Å². The number of aromatic nitrogens is 3. The van der Waals surface area contributed by atoms with Gasteiger partial charge in [-0.1, -0.05) is 47.1 Å². The van der Waals surface area contributed by atoms with Crippen LogP contribution in [0.4, 0.5) is 0 Å². The van der Waals surface area contributed by atoms with Gasteiger partial charge in [0, 0.05) is 12.8 Å². The number of halogens is 2. The van der Waals surface area contributed by atoms with Crippen molar-refractivity contribution in [1.29, 1.82) is 0 Å². The lowest BCUT2D eigenvalue weighted by molar-refractivity contribution is 0.290. The minimum atomic E-state index is 0.375. The lowest BCUT2D eigenvalue weighted by Gasteiger charge is -2.08. The van der Waals surface area contributed by atoms with Gasteiger partial charge in [0.25, 0.3) is 0 Å². The summed E-state index contributed by atoms with van der Waals surface area (Å²) in [7, 11) is 1.94. The molecule has 0 spiro atoms. The Hall–Kier alpha value is -1.69. The standard InChI is InChI=1S/C19H19Cl2N3OS/c1-12-6-13(2)8-15(7-12)25-10-18-22-23-19(24(18)3)26-11-14-4-5-16(20)17(21)9-14/h4-9H,10-11H2,1-3H3. The number of nitrogens with zero attached hydrogens (tertiary/aromatic N) is 3. The summed E-state index contributed by atoms with van der Waals surface area (Å²) in [5.41, 5.74) is 3.44. The van der Waals surface area contributed by atoms with Crippen molar-refractivity contribution >= 4 is 35.0 Å². The summed E-state index contributed by atoms with van der Waals surface area (Å²) in [5, 5.41) is 10.4. The van der Waals surface area contributed by atoms with Crippen LogP contribution in [0.15, 0.2) is 41.6 Å². The first kappa shape index (κ1) is 19.1. The van der Waals surface area contributed by atoms with Gasteiger partial charge in [0.15, 0.2) is 11.0 Å². The predicted molar refractivity (Wildman–Crippen MR) is 107 cm³/mol. The molecule has 136 valence electrons. The Morgan fingerprint density at radius 2 is 1.73 bits per heavy atom. The SMILES string of the molecule is Cc1cc(C)cc(OCc2nnc(SCc3ccc(Cl)c(Cl)c3)n2C)c1. The van der Waals surface area contributed by atoms with Crippen molar-refractivity contribution in [3.63, 3.8) is 0 Å². The van der Waals surface area contributed by atoms with Gasteiger partial charge in [0.1, 0.15) is 12.4 Å². The molecule has 0 unspecified atom stereocenters. The van der Waals surface area contributed by atoms with Crippen molar-refractivity contribution < 1.29 is 4.74 Å². The number of benzene rings is 2. The Bertz CT molecular complexity index is 907. The predicted octanol–water partition coefficient (Wildman–Crippen LogP) is 5.61. The van der Waals surface area contributed by atoms with E-state index in [0.29, 0.717) is 16.7 Å². The number of hydrogen-bond donors (Lipinski definition) is 0. The summed E-state index contributed by atoms with van der Waals surface area (Å²) in [6, 6.07) is 11.8. The lowest BCUT2D eigenvalue weighted by atomic mass is 10.1. The molecule has 26 heavy (non-hydrogen) atoms. The second-order valence-electron chi connectivity index (χ2n) is 6.11. The van der Waals surface area contributed by atoms with E-state index in [1.54, 1.807) is 17.8 Å². The quantitative estimate of drug-likeness (QED) is 0.497. The molecular formula is C19H19Cl2N3OS. The van der Waals surface area contributed by atoms with Crippen molar-refractivity contribution in [3.05, 3.63) is 69.0 Å². The molecule has 2 aromatic carbocycles. The maximum atomic E-state index is 6.06. The first-order chi connectivity index (χ1) is 12.4. The average Bonchev–Trinajstić information content (AvgIpc) is 2.93. The Morgan fingerprint density at radius 3 is 2.42 bits per heavy atom. The molecule has 4 nitrogen and oxygen atoms in total. The fourth-order valence-electron chi connectivity index (χ4n) is 2.54. The van der Waals surface area contributed by atoms with Gasteiger partial charge in [-0.05, 0) is 54.8 Å². The third-order valence-corrected chi connectivity index (χ3v) is 5.67. The molecule has 1 aromatic heterocycles. The molecule has 0 bridgehead atoms. The van der Waals surface area contributed by atoms with Crippen LogP contribution in [-0.2, 0) is 19.4 Å². The molecule has 0 aliphatic heterocycles. The molecule has 0 saturated carbocycles. The van der Waals surface area contributed by atoms with Crippen LogP contribution in [0, 0.1) is 13.8 Å². The van der Waals surface area contributed by atoms with Crippen LogP contribution in [0.5, 0.6) is 5.75 Å². The molecule has 7 heteroatoms. The lowest BCUT2D eigenvalue weighted by Crippen LogP contribution is -2.04. The fourth-order valence-corrected chi connectivity index (χ4v) is 3.73. The monoisotopic (exact) mass is 407 g/mol. The number of hydrogen-bond acceptors (Lipinski definition) is 4. The first-order valence-corrected chi connectivity index (χ1v) is 9.82. The van der Waals surface area contributed by atoms with E-state index in [-0.39, 0.29) is 0 Å². The summed E-state index contributed by atoms with van der Waals surface area (Å²) < 4.78 is 7.82. The zero-order chi connectivity index (χ0) is 18.7. The van der Waals surface area contributed by atoms with E-state index in [1.165, 1.54) is 11.1 Å². The van der Waals surface area contributed by atoms with Crippen LogP contribution in [0.3, 0.4) is 0 Å². The van der Waals surface area contributed by atoms with Crippen LogP contribution < -0.4 is 4.74 Å². The average molecular weight is 408 g/mol. The number of aryl methyl sites for hydroxylation is 2. The highest BCUT2D eigenvalue weighted by molar-refractivity contribution is 7.98. The van der Waals surface area contributed by atoms with Gasteiger partial charge in [-0.25, -0.2) is 0 Å². The molecule has 0 radical (unpaired) electrons. The van der Waals surface area contributed by atoms with Crippen LogP contribution >= 0.6 is 35.0 Å². The van der Waals surface area contributed by atoms with E-state index in [1.807, 2.05) is 35.9 Å². The Kier molecular flexibility index (Phi) is 6.12. The Morgan fingerprint density at radius 1 is 1.00 bits per heavy atom. The van der Waals surface area contributed by atoms with Crippen LogP contribution in [-0.4, -0.2) is 14.8 Å². The summed E-state index contributed by atoms with van der Waals surface area (Å²) in [5.74, 6) is 2.36. The van der Waals surface area contributed by atoms with Crippen molar-refractivity contribution in [1.82, 2.24) is 14.8 Å². The molecule has 0 N–H and O–H groups in total. The molecule has 1 heterocycles. The van der Waals surface area contributed by atoms with Gasteiger partial charge in [0.05, 0.1) is 10.0 Å². The van der Waals surface area contributed by atoms with Crippen LogP contribution in [0.25, 0.3) is 0 Å². The highest BCUT2D eigenvalue weighted by Gasteiger charge is 2.11.